The van der Waals surface area contributed by atoms with Crippen molar-refractivity contribution in [1.82, 2.24) is 0 Å². The average Bonchev–Trinajstić information content (AvgIpc) is 2.18. The summed E-state index contributed by atoms with van der Waals surface area (Å²) in [6.45, 7) is 10.9. The molecule has 16 heavy (non-hydrogen) atoms. The summed E-state index contributed by atoms with van der Waals surface area (Å²) in [5, 5.41) is 15.9. The molecule has 4 heteroatoms. The van der Waals surface area contributed by atoms with Crippen LogP contribution in [0, 0.1) is 0 Å². The van der Waals surface area contributed by atoms with Gasteiger partial charge in [-0.2, -0.15) is 0 Å². The predicted octanol–water partition coefficient (Wildman–Crippen LogP) is 2.12. The van der Waals surface area contributed by atoms with E-state index in [-0.39, 0.29) is 24.8 Å². The number of rotatable bonds is 3. The van der Waals surface area contributed by atoms with E-state index < -0.39 is 0 Å². The third-order valence-corrected chi connectivity index (χ3v) is 1.53. The van der Waals surface area contributed by atoms with E-state index in [0.717, 1.165) is 12.8 Å². The largest absolute Gasteiger partial charge is 0.463 e. The van der Waals surface area contributed by atoms with Crippen LogP contribution in [0.3, 0.4) is 0 Å². The fourth-order valence-corrected chi connectivity index (χ4v) is 0.367. The number of ether oxygens (including phenoxy) is 1. The molecule has 0 fully saturated rings. The second-order valence-electron chi connectivity index (χ2n) is 3.40. The van der Waals surface area contributed by atoms with E-state index in [4.69, 9.17) is 14.9 Å². The third kappa shape index (κ3) is 37.6. The summed E-state index contributed by atoms with van der Waals surface area (Å²) in [6, 6.07) is 0. The van der Waals surface area contributed by atoms with Gasteiger partial charge in [-0.05, 0) is 33.6 Å². The van der Waals surface area contributed by atoms with E-state index in [0.29, 0.717) is 0 Å². The zero-order valence-corrected chi connectivity index (χ0v) is 11.5. The third-order valence-electron chi connectivity index (χ3n) is 1.53. The molecule has 0 saturated heterocycles. The molecule has 0 aliphatic heterocycles. The van der Waals surface area contributed by atoms with Gasteiger partial charge in [0.2, 0.25) is 0 Å². The van der Waals surface area contributed by atoms with Crippen molar-refractivity contribution in [3.63, 3.8) is 0 Å². The van der Waals surface area contributed by atoms with Crippen molar-refractivity contribution in [3.8, 4) is 0 Å². The lowest BCUT2D eigenvalue weighted by molar-refractivity contribution is -0.145. The molecule has 100 valence electrons. The van der Waals surface area contributed by atoms with Gasteiger partial charge in [-0.25, -0.2) is 0 Å². The van der Waals surface area contributed by atoms with Crippen LogP contribution >= 0.6 is 0 Å². The van der Waals surface area contributed by atoms with Gasteiger partial charge in [0.1, 0.15) is 0 Å². The number of hydrogen-bond donors (Lipinski definition) is 2. The van der Waals surface area contributed by atoms with Gasteiger partial charge in [0.25, 0.3) is 0 Å². The molecule has 4 nitrogen and oxygen atoms in total. The summed E-state index contributed by atoms with van der Waals surface area (Å²) in [5.41, 5.74) is 0. The van der Waals surface area contributed by atoms with E-state index >= 15 is 0 Å². The van der Waals surface area contributed by atoms with Crippen molar-refractivity contribution in [2.45, 2.75) is 66.6 Å². The monoisotopic (exact) mass is 236 g/mol. The zero-order valence-electron chi connectivity index (χ0n) is 11.5. The Balaban J connectivity index is -0.000000181. The first-order chi connectivity index (χ1) is 7.35. The normalized spacial score (nSPS) is 12.2. The number of carbonyl (C=O) groups is 1. The zero-order chi connectivity index (χ0) is 13.6. The molecule has 0 radical (unpaired) electrons. The van der Waals surface area contributed by atoms with Gasteiger partial charge in [0, 0.05) is 13.5 Å². The van der Waals surface area contributed by atoms with Gasteiger partial charge in [-0.15, -0.1) is 0 Å². The second kappa shape index (κ2) is 16.8. The van der Waals surface area contributed by atoms with Crippen molar-refractivity contribution < 1.29 is 19.7 Å². The van der Waals surface area contributed by atoms with Gasteiger partial charge < -0.3 is 14.9 Å². The first-order valence-electron chi connectivity index (χ1n) is 5.81. The van der Waals surface area contributed by atoms with Crippen LogP contribution in [0.15, 0.2) is 0 Å². The van der Waals surface area contributed by atoms with Crippen LogP contribution in [0.1, 0.15) is 54.4 Å². The smallest absolute Gasteiger partial charge is 0.302 e. The Kier molecular flexibility index (Phi) is 21.8. The molecule has 2 atom stereocenters. The lowest BCUT2D eigenvalue weighted by Gasteiger charge is -2.06. The van der Waals surface area contributed by atoms with E-state index in [1.807, 2.05) is 20.8 Å². The maximum absolute atomic E-state index is 10.2. The Morgan fingerprint density at radius 2 is 1.50 bits per heavy atom. The minimum absolute atomic E-state index is 0.0764. The Hall–Kier alpha value is -0.610. The van der Waals surface area contributed by atoms with Crippen LogP contribution in [0.4, 0.5) is 0 Å². The molecule has 0 heterocycles. The fourth-order valence-electron chi connectivity index (χ4n) is 0.367. The van der Waals surface area contributed by atoms with Crippen LogP contribution in [0.25, 0.3) is 0 Å². The molecular weight excluding hydrogens is 208 g/mol. The van der Waals surface area contributed by atoms with E-state index in [2.05, 4.69) is 0 Å². The van der Waals surface area contributed by atoms with Crippen LogP contribution in [0.5, 0.6) is 0 Å². The summed E-state index contributed by atoms with van der Waals surface area (Å²) in [6.07, 6.45) is 1.71. The molecule has 0 rings (SSSR count). The Morgan fingerprint density at radius 1 is 1.19 bits per heavy atom. The van der Waals surface area contributed by atoms with Gasteiger partial charge in [-0.1, -0.05) is 13.8 Å². The molecule has 2 N–H and O–H groups in total. The summed E-state index contributed by atoms with van der Waals surface area (Å²) in [4.78, 5) is 10.2. The van der Waals surface area contributed by atoms with Crippen molar-refractivity contribution in [2.24, 2.45) is 0 Å². The van der Waals surface area contributed by atoms with Crippen LogP contribution < -0.4 is 0 Å². The van der Waals surface area contributed by atoms with Crippen molar-refractivity contribution >= 4 is 5.97 Å². The van der Waals surface area contributed by atoms with Crippen molar-refractivity contribution in [2.75, 3.05) is 6.61 Å². The molecule has 0 bridgehead atoms. The van der Waals surface area contributed by atoms with E-state index in [1.54, 1.807) is 13.8 Å². The topological polar surface area (TPSA) is 66.8 Å². The summed E-state index contributed by atoms with van der Waals surface area (Å²) < 4.78 is 4.76. The first kappa shape index (κ1) is 20.8. The number of aliphatic hydroxyl groups is 2. The molecule has 0 saturated carbocycles. The number of carbonyl (C=O) groups excluding carboxylic acids is 1. The second-order valence-corrected chi connectivity index (χ2v) is 3.40. The molecule has 0 aromatic carbocycles. The molecule has 0 aliphatic rings. The summed E-state index contributed by atoms with van der Waals surface area (Å²) in [7, 11) is 0. The lowest BCUT2D eigenvalue weighted by Crippen LogP contribution is -2.09. The maximum Gasteiger partial charge on any atom is 0.302 e. The van der Waals surface area contributed by atoms with Gasteiger partial charge in [0.15, 0.2) is 0 Å². The number of esters is 1. The van der Waals surface area contributed by atoms with E-state index in [1.165, 1.54) is 6.92 Å². The first-order valence-corrected chi connectivity index (χ1v) is 5.81. The minimum atomic E-state index is -0.195. The lowest BCUT2D eigenvalue weighted by atomic mass is 10.3. The molecular formula is C12H28O4. The summed E-state index contributed by atoms with van der Waals surface area (Å²) >= 11 is 0. The molecule has 2 unspecified atom stereocenters. The van der Waals surface area contributed by atoms with Crippen LogP contribution in [0.2, 0.25) is 0 Å². The molecule has 0 aliphatic carbocycles. The maximum atomic E-state index is 10.2. The molecule has 0 aromatic rings. The van der Waals surface area contributed by atoms with Crippen molar-refractivity contribution in [1.29, 1.82) is 0 Å². The Labute approximate surface area is 99.6 Å². The quantitative estimate of drug-likeness (QED) is 0.737. The van der Waals surface area contributed by atoms with Gasteiger partial charge >= 0.3 is 5.97 Å². The highest BCUT2D eigenvalue weighted by molar-refractivity contribution is 5.66. The van der Waals surface area contributed by atoms with Crippen LogP contribution in [-0.4, -0.2) is 35.0 Å². The number of hydrogen-bond acceptors (Lipinski definition) is 4. The van der Waals surface area contributed by atoms with Crippen LogP contribution in [-0.2, 0) is 9.53 Å². The molecule has 0 spiro atoms. The fraction of sp³-hybridized carbons (Fsp3) is 0.917. The SMILES string of the molecule is CCC(C)O.CCC(C)OC(C)=O.CCO. The number of aliphatic hydroxyl groups excluding tert-OH is 2. The summed E-state index contributed by atoms with van der Waals surface area (Å²) in [5.74, 6) is -0.195. The minimum Gasteiger partial charge on any atom is -0.463 e. The predicted molar refractivity (Wildman–Crippen MR) is 66.3 cm³/mol. The highest BCUT2D eigenvalue weighted by Gasteiger charge is 1.99. The average molecular weight is 236 g/mol. The Morgan fingerprint density at radius 3 is 1.56 bits per heavy atom. The van der Waals surface area contributed by atoms with Gasteiger partial charge in [0.05, 0.1) is 12.2 Å². The molecule has 0 aromatic heterocycles. The Bertz CT molecular complexity index is 135. The van der Waals surface area contributed by atoms with Crippen molar-refractivity contribution in [3.05, 3.63) is 0 Å². The standard InChI is InChI=1S/C6H12O2.C4H10O.C2H6O/c1-4-5(2)8-6(3)7;1-3-4(2)5;1-2-3/h5H,4H2,1-3H3;4-5H,3H2,1-2H3;3H,2H2,1H3. The molecule has 0 amide bonds. The highest BCUT2D eigenvalue weighted by Crippen LogP contribution is 1.94. The van der Waals surface area contributed by atoms with E-state index in [9.17, 15) is 4.79 Å². The van der Waals surface area contributed by atoms with Gasteiger partial charge in [-0.3, -0.25) is 4.79 Å². The highest BCUT2D eigenvalue weighted by atomic mass is 16.5.